The highest BCUT2D eigenvalue weighted by Gasteiger charge is 2.50. The molecule has 10 unspecified atom stereocenters. The van der Waals surface area contributed by atoms with Gasteiger partial charge in [0.05, 0.1) is 19.3 Å². The lowest BCUT2D eigenvalue weighted by molar-refractivity contribution is -0.321. The van der Waals surface area contributed by atoms with Crippen molar-refractivity contribution in [1.82, 2.24) is 5.32 Å². The maximum Gasteiger partial charge on any atom is 0.217 e. The number of hydrogen-bond acceptors (Lipinski definition) is 10. The van der Waals surface area contributed by atoms with E-state index in [1.54, 1.807) is 0 Å². The molecule has 2 fully saturated rings. The first-order valence-electron chi connectivity index (χ1n) is 8.38. The number of hydrogen-bond donors (Lipinski definition) is 7. The van der Waals surface area contributed by atoms with Crippen LogP contribution < -0.4 is 5.32 Å². The van der Waals surface area contributed by atoms with E-state index in [0.717, 1.165) is 0 Å². The highest BCUT2D eigenvalue weighted by atomic mass is 16.7. The predicted molar refractivity (Wildman–Crippen MR) is 83.7 cm³/mol. The van der Waals surface area contributed by atoms with Crippen LogP contribution in [-0.4, -0.2) is 111 Å². The summed E-state index contributed by atoms with van der Waals surface area (Å²) in [4.78, 5) is 11.4. The Kier molecular flexibility index (Phi) is 7.30. The van der Waals surface area contributed by atoms with E-state index in [4.69, 9.17) is 14.2 Å². The van der Waals surface area contributed by atoms with Crippen LogP contribution in [0, 0.1) is 0 Å². The summed E-state index contributed by atoms with van der Waals surface area (Å²) in [6, 6.07) is -1.21. The molecule has 26 heavy (non-hydrogen) atoms. The maximum atomic E-state index is 11.4. The Labute approximate surface area is 150 Å². The van der Waals surface area contributed by atoms with Crippen LogP contribution in [0.15, 0.2) is 0 Å². The van der Waals surface area contributed by atoms with Crippen LogP contribution in [0.5, 0.6) is 0 Å². The van der Waals surface area contributed by atoms with E-state index in [2.05, 4.69) is 5.32 Å². The zero-order chi connectivity index (χ0) is 19.6. The zero-order valence-electron chi connectivity index (χ0n) is 14.5. The lowest BCUT2D eigenvalue weighted by Gasteiger charge is -2.46. The molecular weight excluding hydrogens is 354 g/mol. The van der Waals surface area contributed by atoms with Crippen molar-refractivity contribution in [2.75, 3.05) is 13.2 Å². The fourth-order valence-electron chi connectivity index (χ4n) is 3.17. The Hall–Kier alpha value is -0.890. The summed E-state index contributed by atoms with van der Waals surface area (Å²) in [5.41, 5.74) is 0. The Morgan fingerprint density at radius 1 is 0.962 bits per heavy atom. The molecule has 7 N–H and O–H groups in total. The minimum absolute atomic E-state index is 0.515. The summed E-state index contributed by atoms with van der Waals surface area (Å²) in [7, 11) is 0. The standard InChI is InChI=1S/C15H27NO10/c1-5-10(20)14(12(22)8(4-18)24-5)26-15-9(16-6(2)19)13(23)11(21)7(3-17)25-15/h5,7-15,17-18,20-23H,3-4H2,1-2H3,(H,16,19). The third kappa shape index (κ3) is 4.32. The van der Waals surface area contributed by atoms with Crippen LogP contribution in [0.2, 0.25) is 0 Å². The van der Waals surface area contributed by atoms with Gasteiger partial charge in [0.25, 0.3) is 0 Å². The molecule has 0 radical (unpaired) electrons. The minimum atomic E-state index is -1.52. The molecule has 0 aliphatic carbocycles. The summed E-state index contributed by atoms with van der Waals surface area (Å²) in [6.07, 6.45) is -11.3. The first kappa shape index (κ1) is 21.4. The average Bonchev–Trinajstić information content (AvgIpc) is 2.60. The topological polar surface area (TPSA) is 178 Å². The van der Waals surface area contributed by atoms with Crippen molar-refractivity contribution in [3.63, 3.8) is 0 Å². The van der Waals surface area contributed by atoms with Gasteiger partial charge in [-0.3, -0.25) is 4.79 Å². The lowest BCUT2D eigenvalue weighted by Crippen LogP contribution is -2.67. The molecule has 11 nitrogen and oxygen atoms in total. The molecule has 0 aromatic rings. The Bertz CT molecular complexity index is 479. The highest BCUT2D eigenvalue weighted by molar-refractivity contribution is 5.73. The Morgan fingerprint density at radius 2 is 1.54 bits per heavy atom. The number of ether oxygens (including phenoxy) is 3. The number of rotatable bonds is 5. The van der Waals surface area contributed by atoms with E-state index in [1.165, 1.54) is 13.8 Å². The van der Waals surface area contributed by atoms with Gasteiger partial charge in [-0.05, 0) is 6.92 Å². The first-order chi connectivity index (χ1) is 12.2. The normalized spacial score (nSPS) is 46.8. The van der Waals surface area contributed by atoms with Crippen LogP contribution >= 0.6 is 0 Å². The minimum Gasteiger partial charge on any atom is -0.394 e. The van der Waals surface area contributed by atoms with Gasteiger partial charge >= 0.3 is 0 Å². The molecule has 10 atom stereocenters. The van der Waals surface area contributed by atoms with Gasteiger partial charge in [0.15, 0.2) is 6.29 Å². The van der Waals surface area contributed by atoms with Crippen molar-refractivity contribution >= 4 is 5.91 Å². The van der Waals surface area contributed by atoms with Crippen molar-refractivity contribution in [2.24, 2.45) is 0 Å². The summed E-state index contributed by atoms with van der Waals surface area (Å²) in [5.74, 6) is -0.532. The van der Waals surface area contributed by atoms with E-state index < -0.39 is 80.3 Å². The van der Waals surface area contributed by atoms with Crippen LogP contribution in [0.25, 0.3) is 0 Å². The fourth-order valence-corrected chi connectivity index (χ4v) is 3.17. The number of aliphatic hydroxyl groups excluding tert-OH is 6. The SMILES string of the molecule is CC(=O)NC1C(OC2C(O)C(C)OC(CO)C2O)OC(CO)C(O)C1O. The molecular formula is C15H27NO10. The first-order valence-corrected chi connectivity index (χ1v) is 8.38. The van der Waals surface area contributed by atoms with Gasteiger partial charge in [-0.1, -0.05) is 0 Å². The summed E-state index contributed by atoms with van der Waals surface area (Å²) in [6.45, 7) is 1.58. The van der Waals surface area contributed by atoms with Gasteiger partial charge in [-0.2, -0.15) is 0 Å². The third-order valence-electron chi connectivity index (χ3n) is 4.65. The Morgan fingerprint density at radius 3 is 2.08 bits per heavy atom. The van der Waals surface area contributed by atoms with Crippen LogP contribution in [-0.2, 0) is 19.0 Å². The lowest BCUT2D eigenvalue weighted by atomic mass is 9.94. The van der Waals surface area contributed by atoms with Gasteiger partial charge in [0.1, 0.15) is 48.8 Å². The molecule has 2 aliphatic heterocycles. The number of amides is 1. The molecule has 0 spiro atoms. The Balaban J connectivity index is 2.22. The van der Waals surface area contributed by atoms with E-state index in [1.807, 2.05) is 0 Å². The molecule has 2 saturated heterocycles. The van der Waals surface area contributed by atoms with Gasteiger partial charge in [0, 0.05) is 6.92 Å². The van der Waals surface area contributed by atoms with Gasteiger partial charge in [0.2, 0.25) is 5.91 Å². The molecule has 1 amide bonds. The number of nitrogens with one attached hydrogen (secondary N) is 1. The fraction of sp³-hybridized carbons (Fsp3) is 0.933. The van der Waals surface area contributed by atoms with Gasteiger partial charge in [-0.25, -0.2) is 0 Å². The zero-order valence-corrected chi connectivity index (χ0v) is 14.5. The van der Waals surface area contributed by atoms with Crippen molar-refractivity contribution in [1.29, 1.82) is 0 Å². The van der Waals surface area contributed by atoms with Gasteiger partial charge < -0.3 is 50.2 Å². The second-order valence-corrected chi connectivity index (χ2v) is 6.58. The van der Waals surface area contributed by atoms with Crippen molar-refractivity contribution in [3.8, 4) is 0 Å². The van der Waals surface area contributed by atoms with Crippen molar-refractivity contribution < 1.29 is 49.6 Å². The van der Waals surface area contributed by atoms with Crippen molar-refractivity contribution in [3.05, 3.63) is 0 Å². The smallest absolute Gasteiger partial charge is 0.217 e. The molecule has 0 aromatic heterocycles. The molecule has 0 bridgehead atoms. The summed E-state index contributed by atoms with van der Waals surface area (Å²) < 4.78 is 16.3. The highest BCUT2D eigenvalue weighted by Crippen LogP contribution is 2.29. The summed E-state index contributed by atoms with van der Waals surface area (Å²) >= 11 is 0. The van der Waals surface area contributed by atoms with Crippen LogP contribution in [0.3, 0.4) is 0 Å². The van der Waals surface area contributed by atoms with E-state index in [-0.39, 0.29) is 0 Å². The van der Waals surface area contributed by atoms with E-state index in [0.29, 0.717) is 0 Å². The second-order valence-electron chi connectivity index (χ2n) is 6.58. The van der Waals surface area contributed by atoms with Gasteiger partial charge in [-0.15, -0.1) is 0 Å². The number of aliphatic hydroxyl groups is 6. The molecule has 0 aromatic carbocycles. The molecule has 11 heteroatoms. The molecule has 152 valence electrons. The quantitative estimate of drug-likeness (QED) is 0.247. The van der Waals surface area contributed by atoms with Crippen LogP contribution in [0.1, 0.15) is 13.8 Å². The van der Waals surface area contributed by atoms with E-state index in [9.17, 15) is 35.4 Å². The monoisotopic (exact) mass is 381 g/mol. The summed E-state index contributed by atoms with van der Waals surface area (Å²) in [5, 5.41) is 61.8. The number of carbonyl (C=O) groups is 1. The third-order valence-corrected chi connectivity index (χ3v) is 4.65. The largest absolute Gasteiger partial charge is 0.394 e. The molecule has 0 saturated carbocycles. The van der Waals surface area contributed by atoms with Crippen molar-refractivity contribution in [2.45, 2.75) is 75.0 Å². The number of carbonyl (C=O) groups excluding carboxylic acids is 1. The molecule has 2 rings (SSSR count). The predicted octanol–water partition coefficient (Wildman–Crippen LogP) is -4.18. The van der Waals surface area contributed by atoms with Crippen LogP contribution in [0.4, 0.5) is 0 Å². The maximum absolute atomic E-state index is 11.4. The second kappa shape index (κ2) is 8.87. The average molecular weight is 381 g/mol. The molecule has 2 aliphatic rings. The van der Waals surface area contributed by atoms with E-state index >= 15 is 0 Å². The molecule has 2 heterocycles.